The van der Waals surface area contributed by atoms with Crippen molar-refractivity contribution in [3.63, 3.8) is 0 Å². The van der Waals surface area contributed by atoms with Gasteiger partial charge in [0.25, 0.3) is 0 Å². The highest BCUT2D eigenvalue weighted by Gasteiger charge is 2.09. The fourth-order valence-electron chi connectivity index (χ4n) is 1.60. The molecule has 94 valence electrons. The number of halogens is 1. The van der Waals surface area contributed by atoms with Crippen molar-refractivity contribution in [3.05, 3.63) is 42.3 Å². The predicted octanol–water partition coefficient (Wildman–Crippen LogP) is 3.26. The van der Waals surface area contributed by atoms with Gasteiger partial charge in [0.15, 0.2) is 0 Å². The van der Waals surface area contributed by atoms with Gasteiger partial charge in [-0.3, -0.25) is 4.98 Å². The lowest BCUT2D eigenvalue weighted by Crippen LogP contribution is -1.98. The lowest BCUT2D eigenvalue weighted by atomic mass is 10.1. The standard InChI is InChI=1S/C14H15FN2O/c1-2-7-18-14-6-3-10(15)8-12(14)13-5-4-11(16)9-17-13/h3-6,8-9H,2,7,16H2,1H3. The maximum Gasteiger partial charge on any atom is 0.128 e. The molecule has 2 N–H and O–H groups in total. The van der Waals surface area contributed by atoms with Gasteiger partial charge in [-0.05, 0) is 36.8 Å². The second-order valence-corrected chi connectivity index (χ2v) is 3.97. The molecule has 0 radical (unpaired) electrons. The molecule has 1 aromatic heterocycles. The molecule has 0 saturated carbocycles. The van der Waals surface area contributed by atoms with Crippen LogP contribution in [0.3, 0.4) is 0 Å². The summed E-state index contributed by atoms with van der Waals surface area (Å²) in [4.78, 5) is 4.19. The summed E-state index contributed by atoms with van der Waals surface area (Å²) in [7, 11) is 0. The second-order valence-electron chi connectivity index (χ2n) is 3.97. The van der Waals surface area contributed by atoms with Crippen LogP contribution in [0.1, 0.15) is 13.3 Å². The van der Waals surface area contributed by atoms with Crippen LogP contribution in [0.25, 0.3) is 11.3 Å². The van der Waals surface area contributed by atoms with E-state index < -0.39 is 0 Å². The van der Waals surface area contributed by atoms with Gasteiger partial charge in [-0.2, -0.15) is 0 Å². The van der Waals surface area contributed by atoms with Crippen molar-refractivity contribution >= 4 is 5.69 Å². The number of nitrogen functional groups attached to an aromatic ring is 1. The number of hydrogen-bond acceptors (Lipinski definition) is 3. The largest absolute Gasteiger partial charge is 0.493 e. The molecule has 4 heteroatoms. The Kier molecular flexibility index (Phi) is 3.77. The normalized spacial score (nSPS) is 10.3. The first-order valence-corrected chi connectivity index (χ1v) is 5.85. The van der Waals surface area contributed by atoms with Crippen LogP contribution in [-0.4, -0.2) is 11.6 Å². The molecule has 0 spiro atoms. The van der Waals surface area contributed by atoms with E-state index >= 15 is 0 Å². The highest BCUT2D eigenvalue weighted by molar-refractivity contribution is 5.68. The third kappa shape index (κ3) is 2.77. The molecule has 2 rings (SSSR count). The first-order chi connectivity index (χ1) is 8.70. The predicted molar refractivity (Wildman–Crippen MR) is 69.8 cm³/mol. The van der Waals surface area contributed by atoms with E-state index in [1.54, 1.807) is 24.4 Å². The number of rotatable bonds is 4. The van der Waals surface area contributed by atoms with Crippen molar-refractivity contribution in [2.45, 2.75) is 13.3 Å². The summed E-state index contributed by atoms with van der Waals surface area (Å²) in [5, 5.41) is 0. The van der Waals surface area contributed by atoms with E-state index in [2.05, 4.69) is 4.98 Å². The van der Waals surface area contributed by atoms with E-state index in [1.165, 1.54) is 12.1 Å². The monoisotopic (exact) mass is 246 g/mol. The van der Waals surface area contributed by atoms with E-state index in [1.807, 2.05) is 6.92 Å². The van der Waals surface area contributed by atoms with E-state index in [-0.39, 0.29) is 5.82 Å². The first kappa shape index (κ1) is 12.4. The molecule has 1 aromatic carbocycles. The third-order valence-corrected chi connectivity index (χ3v) is 2.47. The molecular weight excluding hydrogens is 231 g/mol. The van der Waals surface area contributed by atoms with E-state index in [0.717, 1.165) is 6.42 Å². The van der Waals surface area contributed by atoms with Gasteiger partial charge in [-0.1, -0.05) is 6.92 Å². The van der Waals surface area contributed by atoms with Crippen LogP contribution in [-0.2, 0) is 0 Å². The number of aromatic nitrogens is 1. The van der Waals surface area contributed by atoms with Gasteiger partial charge in [0.1, 0.15) is 11.6 Å². The fraction of sp³-hybridized carbons (Fsp3) is 0.214. The van der Waals surface area contributed by atoms with Gasteiger partial charge in [-0.15, -0.1) is 0 Å². The molecule has 0 fully saturated rings. The highest BCUT2D eigenvalue weighted by atomic mass is 19.1. The quantitative estimate of drug-likeness (QED) is 0.900. The van der Waals surface area contributed by atoms with Crippen molar-refractivity contribution in [3.8, 4) is 17.0 Å². The minimum atomic E-state index is -0.313. The molecule has 0 unspecified atom stereocenters. The number of nitrogens with two attached hydrogens (primary N) is 1. The van der Waals surface area contributed by atoms with Gasteiger partial charge in [0.2, 0.25) is 0 Å². The molecule has 0 saturated heterocycles. The van der Waals surface area contributed by atoms with E-state index in [0.29, 0.717) is 29.3 Å². The number of pyridine rings is 1. The SMILES string of the molecule is CCCOc1ccc(F)cc1-c1ccc(N)cn1. The van der Waals surface area contributed by atoms with Gasteiger partial charge in [0.05, 0.1) is 24.2 Å². The maximum absolute atomic E-state index is 13.3. The Bertz CT molecular complexity index is 526. The van der Waals surface area contributed by atoms with Crippen LogP contribution in [0.5, 0.6) is 5.75 Å². The molecule has 1 heterocycles. The maximum atomic E-state index is 13.3. The molecular formula is C14H15FN2O. The summed E-state index contributed by atoms with van der Waals surface area (Å²) in [6.45, 7) is 2.61. The number of benzene rings is 1. The zero-order valence-corrected chi connectivity index (χ0v) is 10.2. The molecule has 0 bridgehead atoms. The van der Waals surface area contributed by atoms with Crippen molar-refractivity contribution in [2.75, 3.05) is 12.3 Å². The number of nitrogens with zero attached hydrogens (tertiary/aromatic N) is 1. The molecule has 2 aromatic rings. The number of ether oxygens (including phenoxy) is 1. The van der Waals surface area contributed by atoms with Crippen molar-refractivity contribution in [1.29, 1.82) is 0 Å². The lowest BCUT2D eigenvalue weighted by Gasteiger charge is -2.10. The highest BCUT2D eigenvalue weighted by Crippen LogP contribution is 2.29. The lowest BCUT2D eigenvalue weighted by molar-refractivity contribution is 0.318. The minimum Gasteiger partial charge on any atom is -0.493 e. The van der Waals surface area contributed by atoms with E-state index in [4.69, 9.17) is 10.5 Å². The number of hydrogen-bond donors (Lipinski definition) is 1. The Morgan fingerprint density at radius 3 is 2.78 bits per heavy atom. The summed E-state index contributed by atoms with van der Waals surface area (Å²) < 4.78 is 18.9. The second kappa shape index (κ2) is 5.49. The molecule has 3 nitrogen and oxygen atoms in total. The Hall–Kier alpha value is -2.10. The summed E-state index contributed by atoms with van der Waals surface area (Å²) in [6, 6.07) is 7.91. The zero-order valence-electron chi connectivity index (χ0n) is 10.2. The average Bonchev–Trinajstić information content (AvgIpc) is 2.38. The fourth-order valence-corrected chi connectivity index (χ4v) is 1.60. The van der Waals surface area contributed by atoms with Gasteiger partial charge < -0.3 is 10.5 Å². The van der Waals surface area contributed by atoms with E-state index in [9.17, 15) is 4.39 Å². The molecule has 0 amide bonds. The van der Waals surface area contributed by atoms with Gasteiger partial charge in [0, 0.05) is 5.56 Å². The summed E-state index contributed by atoms with van der Waals surface area (Å²) >= 11 is 0. The Morgan fingerprint density at radius 1 is 1.28 bits per heavy atom. The summed E-state index contributed by atoms with van der Waals surface area (Å²) in [5.74, 6) is 0.322. The molecule has 18 heavy (non-hydrogen) atoms. The first-order valence-electron chi connectivity index (χ1n) is 5.85. The molecule has 0 aliphatic carbocycles. The zero-order chi connectivity index (χ0) is 13.0. The van der Waals surface area contributed by atoms with Crippen LogP contribution in [0.2, 0.25) is 0 Å². The van der Waals surface area contributed by atoms with Gasteiger partial charge >= 0.3 is 0 Å². The van der Waals surface area contributed by atoms with Crippen molar-refractivity contribution in [2.24, 2.45) is 0 Å². The summed E-state index contributed by atoms with van der Waals surface area (Å²) in [6.07, 6.45) is 2.44. The Labute approximate surface area is 105 Å². The van der Waals surface area contributed by atoms with Crippen LogP contribution in [0, 0.1) is 5.82 Å². The van der Waals surface area contributed by atoms with Crippen LogP contribution < -0.4 is 10.5 Å². The smallest absolute Gasteiger partial charge is 0.128 e. The average molecular weight is 246 g/mol. The molecule has 0 atom stereocenters. The van der Waals surface area contributed by atoms with Crippen LogP contribution >= 0.6 is 0 Å². The van der Waals surface area contributed by atoms with Crippen molar-refractivity contribution in [1.82, 2.24) is 4.98 Å². The number of anilines is 1. The molecule has 0 aliphatic rings. The van der Waals surface area contributed by atoms with Crippen LogP contribution in [0.15, 0.2) is 36.5 Å². The Balaban J connectivity index is 2.40. The molecule has 0 aliphatic heterocycles. The summed E-state index contributed by atoms with van der Waals surface area (Å²) in [5.41, 5.74) is 7.45. The Morgan fingerprint density at radius 2 is 2.11 bits per heavy atom. The minimum absolute atomic E-state index is 0.313. The van der Waals surface area contributed by atoms with Crippen LogP contribution in [0.4, 0.5) is 10.1 Å². The topological polar surface area (TPSA) is 48.1 Å². The van der Waals surface area contributed by atoms with Crippen molar-refractivity contribution < 1.29 is 9.13 Å². The third-order valence-electron chi connectivity index (χ3n) is 2.47. The van der Waals surface area contributed by atoms with Gasteiger partial charge in [-0.25, -0.2) is 4.39 Å².